The maximum atomic E-state index is 10.5. The minimum atomic E-state index is -0.665. The fourth-order valence-corrected chi connectivity index (χ4v) is 2.37. The van der Waals surface area contributed by atoms with Gasteiger partial charge in [-0.2, -0.15) is 0 Å². The van der Waals surface area contributed by atoms with Gasteiger partial charge in [-0.25, -0.2) is 0 Å². The monoisotopic (exact) mass is 257 g/mol. The molecule has 0 bridgehead atoms. The SMILES string of the molecule is CCCCOCCN1CCC(CCC(=O)O)CC1. The number of hydrogen-bond acceptors (Lipinski definition) is 3. The molecule has 1 aliphatic rings. The number of likely N-dealkylation sites (tertiary alicyclic amines) is 1. The Balaban J connectivity index is 1.99. The summed E-state index contributed by atoms with van der Waals surface area (Å²) in [5, 5.41) is 8.66. The van der Waals surface area contributed by atoms with Crippen molar-refractivity contribution in [3.8, 4) is 0 Å². The second-order valence-corrected chi connectivity index (χ2v) is 5.18. The highest BCUT2D eigenvalue weighted by Crippen LogP contribution is 2.21. The van der Waals surface area contributed by atoms with Crippen LogP contribution in [0.4, 0.5) is 0 Å². The molecule has 106 valence electrons. The highest BCUT2D eigenvalue weighted by atomic mass is 16.5. The van der Waals surface area contributed by atoms with Gasteiger partial charge in [0.1, 0.15) is 0 Å². The van der Waals surface area contributed by atoms with Gasteiger partial charge in [-0.1, -0.05) is 13.3 Å². The lowest BCUT2D eigenvalue weighted by atomic mass is 9.92. The normalized spacial score (nSPS) is 18.1. The molecule has 0 aromatic rings. The number of hydrogen-bond donors (Lipinski definition) is 1. The van der Waals surface area contributed by atoms with E-state index in [1.54, 1.807) is 0 Å². The number of carbonyl (C=O) groups is 1. The van der Waals surface area contributed by atoms with E-state index in [2.05, 4.69) is 11.8 Å². The standard InChI is InChI=1S/C14H27NO3/c1-2-3-11-18-12-10-15-8-6-13(7-9-15)4-5-14(16)17/h13H,2-12H2,1H3,(H,16,17). The van der Waals surface area contributed by atoms with Gasteiger partial charge in [0, 0.05) is 19.6 Å². The average molecular weight is 257 g/mol. The van der Waals surface area contributed by atoms with Crippen LogP contribution in [0.2, 0.25) is 0 Å². The molecule has 4 heteroatoms. The van der Waals surface area contributed by atoms with E-state index in [0.717, 1.165) is 58.5 Å². The Bertz CT molecular complexity index is 225. The van der Waals surface area contributed by atoms with E-state index in [1.807, 2.05) is 0 Å². The first-order chi connectivity index (χ1) is 8.72. The number of carboxylic acid groups (broad SMARTS) is 1. The number of aliphatic carboxylic acids is 1. The molecule has 4 nitrogen and oxygen atoms in total. The van der Waals surface area contributed by atoms with E-state index >= 15 is 0 Å². The Morgan fingerprint density at radius 3 is 2.67 bits per heavy atom. The molecule has 0 saturated carbocycles. The lowest BCUT2D eigenvalue weighted by Crippen LogP contribution is -2.36. The van der Waals surface area contributed by atoms with E-state index in [4.69, 9.17) is 9.84 Å². The summed E-state index contributed by atoms with van der Waals surface area (Å²) in [5.74, 6) is -0.0555. The van der Waals surface area contributed by atoms with Crippen LogP contribution in [0.5, 0.6) is 0 Å². The van der Waals surface area contributed by atoms with Crippen LogP contribution in [0, 0.1) is 5.92 Å². The van der Waals surface area contributed by atoms with Crippen molar-refractivity contribution in [1.82, 2.24) is 4.90 Å². The van der Waals surface area contributed by atoms with Crippen molar-refractivity contribution in [2.75, 3.05) is 32.8 Å². The molecule has 1 saturated heterocycles. The van der Waals surface area contributed by atoms with Crippen molar-refractivity contribution in [2.45, 2.75) is 45.4 Å². The molecule has 1 aliphatic heterocycles. The number of ether oxygens (including phenoxy) is 1. The summed E-state index contributed by atoms with van der Waals surface area (Å²) in [4.78, 5) is 12.9. The van der Waals surface area contributed by atoms with E-state index < -0.39 is 5.97 Å². The third-order valence-electron chi connectivity index (χ3n) is 3.67. The van der Waals surface area contributed by atoms with Crippen LogP contribution in [0.15, 0.2) is 0 Å². The predicted molar refractivity (Wildman–Crippen MR) is 71.8 cm³/mol. The van der Waals surface area contributed by atoms with Gasteiger partial charge in [-0.15, -0.1) is 0 Å². The molecule has 1 fully saturated rings. The average Bonchev–Trinajstić information content (AvgIpc) is 2.37. The van der Waals surface area contributed by atoms with Gasteiger partial charge < -0.3 is 14.7 Å². The van der Waals surface area contributed by atoms with E-state index in [-0.39, 0.29) is 0 Å². The van der Waals surface area contributed by atoms with Crippen molar-refractivity contribution in [3.63, 3.8) is 0 Å². The number of nitrogens with zero attached hydrogens (tertiary/aromatic N) is 1. The number of unbranched alkanes of at least 4 members (excludes halogenated alkanes) is 1. The molecule has 0 aromatic heterocycles. The topological polar surface area (TPSA) is 49.8 Å². The van der Waals surface area contributed by atoms with Gasteiger partial charge in [-0.3, -0.25) is 4.79 Å². The Morgan fingerprint density at radius 1 is 1.33 bits per heavy atom. The zero-order chi connectivity index (χ0) is 13.2. The number of piperidine rings is 1. The van der Waals surface area contributed by atoms with Crippen molar-refractivity contribution in [1.29, 1.82) is 0 Å². The molecular weight excluding hydrogens is 230 g/mol. The maximum Gasteiger partial charge on any atom is 0.303 e. The highest BCUT2D eigenvalue weighted by molar-refractivity contribution is 5.66. The van der Waals surface area contributed by atoms with Crippen LogP contribution in [0.25, 0.3) is 0 Å². The minimum absolute atomic E-state index is 0.324. The molecule has 0 aromatic carbocycles. The molecule has 0 aliphatic carbocycles. The fraction of sp³-hybridized carbons (Fsp3) is 0.929. The van der Waals surface area contributed by atoms with Crippen molar-refractivity contribution < 1.29 is 14.6 Å². The Kier molecular flexibility index (Phi) is 8.01. The van der Waals surface area contributed by atoms with E-state index in [0.29, 0.717) is 12.3 Å². The van der Waals surface area contributed by atoms with Gasteiger partial charge >= 0.3 is 5.97 Å². The number of carboxylic acids is 1. The molecule has 0 radical (unpaired) electrons. The molecule has 18 heavy (non-hydrogen) atoms. The van der Waals surface area contributed by atoms with Crippen molar-refractivity contribution in [3.05, 3.63) is 0 Å². The van der Waals surface area contributed by atoms with Gasteiger partial charge in [0.25, 0.3) is 0 Å². The van der Waals surface area contributed by atoms with E-state index in [1.165, 1.54) is 6.42 Å². The first-order valence-electron chi connectivity index (χ1n) is 7.24. The second kappa shape index (κ2) is 9.34. The first kappa shape index (κ1) is 15.4. The molecular formula is C14H27NO3. The smallest absolute Gasteiger partial charge is 0.303 e. The van der Waals surface area contributed by atoms with E-state index in [9.17, 15) is 4.79 Å². The first-order valence-corrected chi connectivity index (χ1v) is 7.24. The van der Waals surface area contributed by atoms with Gasteiger partial charge in [0.15, 0.2) is 0 Å². The number of rotatable bonds is 9. The quantitative estimate of drug-likeness (QED) is 0.644. The molecule has 0 unspecified atom stereocenters. The summed E-state index contributed by atoms with van der Waals surface area (Å²) in [5.41, 5.74) is 0. The van der Waals surface area contributed by atoms with Crippen molar-refractivity contribution in [2.24, 2.45) is 5.92 Å². The lowest BCUT2D eigenvalue weighted by Gasteiger charge is -2.31. The van der Waals surface area contributed by atoms with Crippen LogP contribution in [-0.2, 0) is 9.53 Å². The van der Waals surface area contributed by atoms with Crippen LogP contribution in [0.3, 0.4) is 0 Å². The summed E-state index contributed by atoms with van der Waals surface area (Å²) >= 11 is 0. The zero-order valence-electron chi connectivity index (χ0n) is 11.6. The maximum absolute atomic E-state index is 10.5. The minimum Gasteiger partial charge on any atom is -0.481 e. The third-order valence-corrected chi connectivity index (χ3v) is 3.67. The summed E-state index contributed by atoms with van der Waals surface area (Å²) in [7, 11) is 0. The molecule has 0 spiro atoms. The Hall–Kier alpha value is -0.610. The predicted octanol–water partition coefficient (Wildman–Crippen LogP) is 2.38. The fourth-order valence-electron chi connectivity index (χ4n) is 2.37. The molecule has 1 heterocycles. The zero-order valence-corrected chi connectivity index (χ0v) is 11.6. The summed E-state index contributed by atoms with van der Waals surface area (Å²) in [6.07, 6.45) is 5.79. The molecule has 0 atom stereocenters. The van der Waals surface area contributed by atoms with Crippen LogP contribution >= 0.6 is 0 Å². The Labute approximate surface area is 110 Å². The van der Waals surface area contributed by atoms with Crippen LogP contribution in [-0.4, -0.2) is 48.8 Å². The molecule has 0 amide bonds. The van der Waals surface area contributed by atoms with Crippen LogP contribution in [0.1, 0.15) is 45.4 Å². The van der Waals surface area contributed by atoms with Gasteiger partial charge in [0.2, 0.25) is 0 Å². The summed E-state index contributed by atoms with van der Waals surface area (Å²) in [6.45, 7) is 7.11. The van der Waals surface area contributed by atoms with Crippen molar-refractivity contribution >= 4 is 5.97 Å². The third kappa shape index (κ3) is 6.97. The highest BCUT2D eigenvalue weighted by Gasteiger charge is 2.19. The van der Waals surface area contributed by atoms with Crippen LogP contribution < -0.4 is 0 Å². The van der Waals surface area contributed by atoms with Gasteiger partial charge in [0.05, 0.1) is 6.61 Å². The lowest BCUT2D eigenvalue weighted by molar-refractivity contribution is -0.137. The molecule has 1 N–H and O–H groups in total. The largest absolute Gasteiger partial charge is 0.481 e. The summed E-state index contributed by atoms with van der Waals surface area (Å²) < 4.78 is 5.56. The van der Waals surface area contributed by atoms with Gasteiger partial charge in [-0.05, 0) is 44.7 Å². The Morgan fingerprint density at radius 2 is 2.06 bits per heavy atom. The molecule has 1 rings (SSSR count). The summed E-state index contributed by atoms with van der Waals surface area (Å²) in [6, 6.07) is 0. The second-order valence-electron chi connectivity index (χ2n) is 5.18.